The Morgan fingerprint density at radius 3 is 2.44 bits per heavy atom. The maximum Gasteiger partial charge on any atom is 0.433 e. The number of alkyl halides is 3. The molecule has 5 nitrogen and oxygen atoms in total. The standard InChI is InChI=1S/C15H20F3N3O2.2ClH/c1-23-10-14(4-6-19-7-5-14)9-21-13(22)11-2-3-12(20-8-11)15(16,17)18;;/h2-3,8,19H,4-7,9-10H2,1H3,(H,21,22);2*1H. The number of carbonyl (C=O) groups is 1. The molecule has 10 heteroatoms. The summed E-state index contributed by atoms with van der Waals surface area (Å²) in [7, 11) is 1.62. The third kappa shape index (κ3) is 6.62. The van der Waals surface area contributed by atoms with Gasteiger partial charge in [0.05, 0.1) is 12.2 Å². The van der Waals surface area contributed by atoms with Crippen molar-refractivity contribution in [2.24, 2.45) is 5.41 Å². The number of piperidine rings is 1. The number of amides is 1. The van der Waals surface area contributed by atoms with E-state index in [1.54, 1.807) is 7.11 Å². The van der Waals surface area contributed by atoms with Gasteiger partial charge in [-0.05, 0) is 38.1 Å². The summed E-state index contributed by atoms with van der Waals surface area (Å²) in [5, 5.41) is 6.04. The van der Waals surface area contributed by atoms with Crippen LogP contribution in [0.5, 0.6) is 0 Å². The smallest absolute Gasteiger partial charge is 0.384 e. The first-order valence-corrected chi connectivity index (χ1v) is 7.37. The highest BCUT2D eigenvalue weighted by Crippen LogP contribution is 2.29. The molecule has 1 aromatic heterocycles. The zero-order chi connectivity index (χ0) is 16.9. The highest BCUT2D eigenvalue weighted by Gasteiger charge is 2.34. The number of aromatic nitrogens is 1. The molecule has 0 bridgehead atoms. The van der Waals surface area contributed by atoms with Crippen LogP contribution in [-0.2, 0) is 10.9 Å². The second-order valence-corrected chi connectivity index (χ2v) is 5.80. The summed E-state index contributed by atoms with van der Waals surface area (Å²) in [6.45, 7) is 2.64. The molecule has 0 saturated carbocycles. The van der Waals surface area contributed by atoms with Crippen molar-refractivity contribution in [1.82, 2.24) is 15.6 Å². The number of halogens is 5. The van der Waals surface area contributed by atoms with Crippen LogP contribution in [0.15, 0.2) is 18.3 Å². The van der Waals surface area contributed by atoms with Crippen molar-refractivity contribution in [2.75, 3.05) is 33.4 Å². The Bertz CT molecular complexity index is 530. The number of carbonyl (C=O) groups excluding carboxylic acids is 1. The zero-order valence-electron chi connectivity index (χ0n) is 13.7. The Balaban J connectivity index is 0.00000288. The van der Waals surface area contributed by atoms with E-state index in [0.717, 1.165) is 44.3 Å². The number of hydrogen-bond donors (Lipinski definition) is 2. The number of methoxy groups -OCH3 is 1. The summed E-state index contributed by atoms with van der Waals surface area (Å²) in [5.41, 5.74) is -1.04. The molecular weight excluding hydrogens is 382 g/mol. The monoisotopic (exact) mass is 403 g/mol. The Morgan fingerprint density at radius 2 is 1.96 bits per heavy atom. The fourth-order valence-corrected chi connectivity index (χ4v) is 2.70. The molecule has 2 rings (SSSR count). The number of pyridine rings is 1. The molecule has 0 aliphatic carbocycles. The number of hydrogen-bond acceptors (Lipinski definition) is 4. The predicted octanol–water partition coefficient (Wildman–Crippen LogP) is 2.69. The second kappa shape index (κ2) is 10.2. The van der Waals surface area contributed by atoms with Gasteiger partial charge in [-0.15, -0.1) is 24.8 Å². The quantitative estimate of drug-likeness (QED) is 0.793. The van der Waals surface area contributed by atoms with Crippen LogP contribution in [0, 0.1) is 5.41 Å². The summed E-state index contributed by atoms with van der Waals surface area (Å²) in [4.78, 5) is 15.4. The number of nitrogens with zero attached hydrogens (tertiary/aromatic N) is 1. The van der Waals surface area contributed by atoms with Crippen molar-refractivity contribution in [3.05, 3.63) is 29.6 Å². The van der Waals surface area contributed by atoms with Gasteiger partial charge in [0, 0.05) is 25.3 Å². The van der Waals surface area contributed by atoms with E-state index in [1.807, 2.05) is 0 Å². The molecule has 1 aliphatic rings. The highest BCUT2D eigenvalue weighted by atomic mass is 35.5. The van der Waals surface area contributed by atoms with Crippen LogP contribution in [0.3, 0.4) is 0 Å². The molecule has 1 aromatic rings. The number of nitrogens with one attached hydrogen (secondary N) is 2. The first-order chi connectivity index (χ1) is 10.9. The minimum absolute atomic E-state index is 0. The lowest BCUT2D eigenvalue weighted by atomic mass is 9.79. The summed E-state index contributed by atoms with van der Waals surface area (Å²) in [6.07, 6.45) is -1.82. The van der Waals surface area contributed by atoms with Gasteiger partial charge in [0.1, 0.15) is 5.69 Å². The number of rotatable bonds is 5. The van der Waals surface area contributed by atoms with Crippen molar-refractivity contribution in [3.63, 3.8) is 0 Å². The van der Waals surface area contributed by atoms with Crippen LogP contribution in [-0.4, -0.2) is 44.2 Å². The fourth-order valence-electron chi connectivity index (χ4n) is 2.70. The largest absolute Gasteiger partial charge is 0.433 e. The third-order valence-corrected chi connectivity index (χ3v) is 4.05. The Hall–Kier alpha value is -1.09. The van der Waals surface area contributed by atoms with Crippen molar-refractivity contribution >= 4 is 30.7 Å². The summed E-state index contributed by atoms with van der Waals surface area (Å²) < 4.78 is 42.7. The lowest BCUT2D eigenvalue weighted by Crippen LogP contribution is -2.47. The van der Waals surface area contributed by atoms with Crippen molar-refractivity contribution in [3.8, 4) is 0 Å². The first-order valence-electron chi connectivity index (χ1n) is 7.37. The Kier molecular flexibility index (Phi) is 9.71. The van der Waals surface area contributed by atoms with Crippen LogP contribution in [0.2, 0.25) is 0 Å². The summed E-state index contributed by atoms with van der Waals surface area (Å²) in [6, 6.07) is 1.95. The van der Waals surface area contributed by atoms with Gasteiger partial charge in [-0.2, -0.15) is 13.2 Å². The van der Waals surface area contributed by atoms with Crippen LogP contribution in [0.25, 0.3) is 0 Å². The molecule has 0 unspecified atom stereocenters. The molecule has 0 atom stereocenters. The van der Waals surface area contributed by atoms with Crippen LogP contribution < -0.4 is 10.6 Å². The molecular formula is C15H22Cl2F3N3O2. The van der Waals surface area contributed by atoms with E-state index in [1.165, 1.54) is 0 Å². The van der Waals surface area contributed by atoms with E-state index in [2.05, 4.69) is 15.6 Å². The zero-order valence-corrected chi connectivity index (χ0v) is 15.3. The van der Waals surface area contributed by atoms with Gasteiger partial charge < -0.3 is 15.4 Å². The molecule has 0 spiro atoms. The van der Waals surface area contributed by atoms with E-state index < -0.39 is 17.8 Å². The van der Waals surface area contributed by atoms with E-state index in [-0.39, 0.29) is 35.8 Å². The van der Waals surface area contributed by atoms with Crippen LogP contribution in [0.4, 0.5) is 13.2 Å². The third-order valence-electron chi connectivity index (χ3n) is 4.05. The summed E-state index contributed by atoms with van der Waals surface area (Å²) >= 11 is 0. The maximum atomic E-state index is 12.5. The minimum atomic E-state index is -4.51. The topological polar surface area (TPSA) is 63.2 Å². The van der Waals surface area contributed by atoms with E-state index in [4.69, 9.17) is 4.74 Å². The van der Waals surface area contributed by atoms with Crippen LogP contribution >= 0.6 is 24.8 Å². The molecule has 1 aliphatic heterocycles. The molecule has 1 fully saturated rings. The van der Waals surface area contributed by atoms with Gasteiger partial charge in [0.25, 0.3) is 5.91 Å². The van der Waals surface area contributed by atoms with E-state index >= 15 is 0 Å². The van der Waals surface area contributed by atoms with Crippen molar-refractivity contribution in [2.45, 2.75) is 19.0 Å². The van der Waals surface area contributed by atoms with E-state index in [9.17, 15) is 18.0 Å². The molecule has 1 amide bonds. The molecule has 25 heavy (non-hydrogen) atoms. The minimum Gasteiger partial charge on any atom is -0.384 e. The fraction of sp³-hybridized carbons (Fsp3) is 0.600. The molecule has 1 saturated heterocycles. The van der Waals surface area contributed by atoms with Gasteiger partial charge in [0.2, 0.25) is 0 Å². The maximum absolute atomic E-state index is 12.5. The van der Waals surface area contributed by atoms with Gasteiger partial charge in [0.15, 0.2) is 0 Å². The van der Waals surface area contributed by atoms with Crippen molar-refractivity contribution < 1.29 is 22.7 Å². The lowest BCUT2D eigenvalue weighted by molar-refractivity contribution is -0.141. The van der Waals surface area contributed by atoms with Gasteiger partial charge in [-0.3, -0.25) is 9.78 Å². The molecule has 2 heterocycles. The van der Waals surface area contributed by atoms with Gasteiger partial charge >= 0.3 is 6.18 Å². The van der Waals surface area contributed by atoms with Crippen LogP contribution in [0.1, 0.15) is 28.9 Å². The summed E-state index contributed by atoms with van der Waals surface area (Å²) in [5.74, 6) is -0.430. The van der Waals surface area contributed by atoms with Crippen molar-refractivity contribution in [1.29, 1.82) is 0 Å². The van der Waals surface area contributed by atoms with Gasteiger partial charge in [-0.1, -0.05) is 0 Å². The average molecular weight is 404 g/mol. The molecule has 0 radical (unpaired) electrons. The molecule has 144 valence electrons. The first kappa shape index (κ1) is 23.9. The highest BCUT2D eigenvalue weighted by molar-refractivity contribution is 5.93. The normalized spacial score (nSPS) is 16.3. The van der Waals surface area contributed by atoms with E-state index in [0.29, 0.717) is 13.2 Å². The lowest BCUT2D eigenvalue weighted by Gasteiger charge is -2.37. The molecule has 2 N–H and O–H groups in total. The average Bonchev–Trinajstić information content (AvgIpc) is 2.53. The molecule has 0 aromatic carbocycles. The predicted molar refractivity (Wildman–Crippen MR) is 92.5 cm³/mol. The second-order valence-electron chi connectivity index (χ2n) is 5.80. The number of ether oxygens (including phenoxy) is 1. The SMILES string of the molecule is COCC1(CNC(=O)c2ccc(C(F)(F)F)nc2)CCNCC1.Cl.Cl. The van der Waals surface area contributed by atoms with Gasteiger partial charge in [-0.25, -0.2) is 0 Å². The Morgan fingerprint density at radius 1 is 1.32 bits per heavy atom. The Labute approximate surface area is 156 Å².